The summed E-state index contributed by atoms with van der Waals surface area (Å²) in [6, 6.07) is 9.32. The predicted molar refractivity (Wildman–Crippen MR) is 86.7 cm³/mol. The monoisotopic (exact) mass is 316 g/mol. The zero-order valence-electron chi connectivity index (χ0n) is 13.3. The second kappa shape index (κ2) is 7.59. The Labute approximate surface area is 136 Å². The van der Waals surface area contributed by atoms with Gasteiger partial charge in [-0.15, -0.1) is 0 Å². The predicted octanol–water partition coefficient (Wildman–Crippen LogP) is 2.08. The molecule has 1 aromatic carbocycles. The van der Waals surface area contributed by atoms with Gasteiger partial charge in [0.15, 0.2) is 6.10 Å². The van der Waals surface area contributed by atoms with E-state index >= 15 is 0 Å². The third-order valence-corrected chi connectivity index (χ3v) is 4.63. The maximum atomic E-state index is 12.7. The molecule has 5 nitrogen and oxygen atoms in total. The molecule has 1 aliphatic carbocycles. The summed E-state index contributed by atoms with van der Waals surface area (Å²) in [4.78, 5) is 24.4. The Balaban J connectivity index is 1.70. The summed E-state index contributed by atoms with van der Waals surface area (Å²) in [5, 5.41) is 6.02. The summed E-state index contributed by atoms with van der Waals surface area (Å²) in [7, 11) is 0. The number of carbonyl (C=O) groups excluding carboxylic acids is 2. The molecule has 0 aromatic heterocycles. The van der Waals surface area contributed by atoms with Gasteiger partial charge >= 0.3 is 0 Å². The van der Waals surface area contributed by atoms with Crippen molar-refractivity contribution in [2.24, 2.45) is 0 Å². The van der Waals surface area contributed by atoms with Gasteiger partial charge in [-0.05, 0) is 18.4 Å². The molecular formula is C18H24N2O3. The van der Waals surface area contributed by atoms with Crippen LogP contribution in [0.5, 0.6) is 0 Å². The van der Waals surface area contributed by atoms with Crippen molar-refractivity contribution in [3.8, 4) is 0 Å². The third-order valence-electron chi connectivity index (χ3n) is 4.63. The van der Waals surface area contributed by atoms with Gasteiger partial charge in [-0.3, -0.25) is 9.59 Å². The van der Waals surface area contributed by atoms with Crippen molar-refractivity contribution in [3.05, 3.63) is 35.9 Å². The van der Waals surface area contributed by atoms with Gasteiger partial charge in [0, 0.05) is 6.04 Å². The first-order valence-corrected chi connectivity index (χ1v) is 8.50. The second-order valence-corrected chi connectivity index (χ2v) is 6.38. The van der Waals surface area contributed by atoms with Crippen molar-refractivity contribution < 1.29 is 14.3 Å². The van der Waals surface area contributed by atoms with Crippen LogP contribution in [0.25, 0.3) is 0 Å². The average molecular weight is 316 g/mol. The number of rotatable bonds is 3. The van der Waals surface area contributed by atoms with Crippen molar-refractivity contribution in [3.63, 3.8) is 0 Å². The van der Waals surface area contributed by atoms with Crippen LogP contribution in [0, 0.1) is 0 Å². The van der Waals surface area contributed by atoms with Crippen molar-refractivity contribution in [2.45, 2.75) is 56.7 Å². The van der Waals surface area contributed by atoms with Crippen LogP contribution in [0.4, 0.5) is 0 Å². The zero-order chi connectivity index (χ0) is 16.1. The smallest absolute Gasteiger partial charge is 0.251 e. The summed E-state index contributed by atoms with van der Waals surface area (Å²) < 4.78 is 5.57. The molecule has 23 heavy (non-hydrogen) atoms. The molecule has 0 radical (unpaired) electrons. The van der Waals surface area contributed by atoms with Gasteiger partial charge in [-0.1, -0.05) is 56.0 Å². The van der Waals surface area contributed by atoms with E-state index in [-0.39, 0.29) is 24.5 Å². The molecule has 1 heterocycles. The van der Waals surface area contributed by atoms with Crippen LogP contribution < -0.4 is 10.6 Å². The van der Waals surface area contributed by atoms with Crippen LogP contribution in [0.3, 0.4) is 0 Å². The van der Waals surface area contributed by atoms with Crippen LogP contribution in [0.1, 0.15) is 50.1 Å². The van der Waals surface area contributed by atoms with Crippen LogP contribution in [0.15, 0.2) is 30.3 Å². The van der Waals surface area contributed by atoms with E-state index in [0.717, 1.165) is 31.2 Å². The molecule has 5 heteroatoms. The third kappa shape index (κ3) is 4.10. The standard InChI is InChI=1S/C18H24N2O3/c21-15-12-23-17(16(20-15)13-8-4-3-5-9-13)18(22)19-14-10-6-1-2-7-11-14/h3-5,8-9,14,16-17H,1-2,6-7,10-12H2,(H,19,22)(H,20,21)/t16-,17+/m1/s1. The Kier molecular flexibility index (Phi) is 5.28. The fourth-order valence-electron chi connectivity index (χ4n) is 3.41. The highest BCUT2D eigenvalue weighted by atomic mass is 16.5. The number of amides is 2. The number of morpholine rings is 1. The largest absolute Gasteiger partial charge is 0.356 e. The summed E-state index contributed by atoms with van der Waals surface area (Å²) in [5.74, 6) is -0.303. The summed E-state index contributed by atoms with van der Waals surface area (Å²) in [5.41, 5.74) is 0.890. The molecule has 1 aromatic rings. The topological polar surface area (TPSA) is 67.4 Å². The molecule has 2 amide bonds. The minimum Gasteiger partial charge on any atom is -0.356 e. The van der Waals surface area contributed by atoms with Gasteiger partial charge < -0.3 is 15.4 Å². The number of nitrogens with one attached hydrogen (secondary N) is 2. The van der Waals surface area contributed by atoms with E-state index in [1.54, 1.807) is 0 Å². The fourth-order valence-corrected chi connectivity index (χ4v) is 3.41. The van der Waals surface area contributed by atoms with Crippen molar-refractivity contribution >= 4 is 11.8 Å². The first kappa shape index (κ1) is 16.0. The molecule has 2 atom stereocenters. The molecule has 2 aliphatic rings. The molecule has 1 saturated heterocycles. The van der Waals surface area contributed by atoms with Gasteiger partial charge in [0.2, 0.25) is 5.91 Å². The van der Waals surface area contributed by atoms with Gasteiger partial charge in [-0.25, -0.2) is 0 Å². The highest BCUT2D eigenvalue weighted by Gasteiger charge is 2.36. The Morgan fingerprint density at radius 2 is 1.78 bits per heavy atom. The highest BCUT2D eigenvalue weighted by Crippen LogP contribution is 2.24. The number of ether oxygens (including phenoxy) is 1. The lowest BCUT2D eigenvalue weighted by atomic mass is 9.98. The SMILES string of the molecule is O=C1CO[C@H](C(=O)NC2CCCCCC2)[C@@H](c2ccccc2)N1. The number of hydrogen-bond acceptors (Lipinski definition) is 3. The fraction of sp³-hybridized carbons (Fsp3) is 0.556. The van der Waals surface area contributed by atoms with E-state index in [9.17, 15) is 9.59 Å². The van der Waals surface area contributed by atoms with Gasteiger partial charge in [0.1, 0.15) is 6.61 Å². The van der Waals surface area contributed by atoms with Crippen LogP contribution in [-0.2, 0) is 14.3 Å². The van der Waals surface area contributed by atoms with E-state index in [2.05, 4.69) is 10.6 Å². The maximum Gasteiger partial charge on any atom is 0.251 e. The van der Waals surface area contributed by atoms with Crippen LogP contribution >= 0.6 is 0 Å². The summed E-state index contributed by atoms with van der Waals surface area (Å²) in [6.07, 6.45) is 6.20. The van der Waals surface area contributed by atoms with Crippen molar-refractivity contribution in [2.75, 3.05) is 6.61 Å². The number of hydrogen-bond donors (Lipinski definition) is 2. The lowest BCUT2D eigenvalue weighted by Gasteiger charge is -2.32. The van der Waals surface area contributed by atoms with Gasteiger partial charge in [0.25, 0.3) is 5.91 Å². The Morgan fingerprint density at radius 1 is 1.09 bits per heavy atom. The zero-order valence-corrected chi connectivity index (χ0v) is 13.3. The number of carbonyl (C=O) groups is 2. The van der Waals surface area contributed by atoms with E-state index in [4.69, 9.17) is 4.74 Å². The molecule has 0 unspecified atom stereocenters. The Morgan fingerprint density at radius 3 is 2.48 bits per heavy atom. The summed E-state index contributed by atoms with van der Waals surface area (Å²) in [6.45, 7) is -0.0634. The normalized spacial score (nSPS) is 26.2. The first-order valence-electron chi connectivity index (χ1n) is 8.50. The van der Waals surface area contributed by atoms with E-state index in [1.165, 1.54) is 12.8 Å². The highest BCUT2D eigenvalue weighted by molar-refractivity contribution is 5.86. The molecule has 2 N–H and O–H groups in total. The average Bonchev–Trinajstić information content (AvgIpc) is 2.84. The second-order valence-electron chi connectivity index (χ2n) is 6.38. The molecule has 0 spiro atoms. The van der Waals surface area contributed by atoms with E-state index in [0.29, 0.717) is 0 Å². The lowest BCUT2D eigenvalue weighted by Crippen LogP contribution is -2.53. The van der Waals surface area contributed by atoms with Gasteiger partial charge in [-0.2, -0.15) is 0 Å². The van der Waals surface area contributed by atoms with Gasteiger partial charge in [0.05, 0.1) is 6.04 Å². The lowest BCUT2D eigenvalue weighted by molar-refractivity contribution is -0.148. The Hall–Kier alpha value is -1.88. The minimum atomic E-state index is -0.668. The Bertz CT molecular complexity index is 538. The molecule has 1 saturated carbocycles. The van der Waals surface area contributed by atoms with Crippen LogP contribution in [-0.4, -0.2) is 30.6 Å². The summed E-state index contributed by atoms with van der Waals surface area (Å²) >= 11 is 0. The molecular weight excluding hydrogens is 292 g/mol. The molecule has 0 bridgehead atoms. The van der Waals surface area contributed by atoms with E-state index in [1.807, 2.05) is 30.3 Å². The molecule has 2 fully saturated rings. The number of benzene rings is 1. The van der Waals surface area contributed by atoms with Crippen molar-refractivity contribution in [1.82, 2.24) is 10.6 Å². The van der Waals surface area contributed by atoms with E-state index < -0.39 is 12.1 Å². The van der Waals surface area contributed by atoms with Crippen LogP contribution in [0.2, 0.25) is 0 Å². The molecule has 124 valence electrons. The first-order chi connectivity index (χ1) is 11.2. The molecule has 3 rings (SSSR count). The van der Waals surface area contributed by atoms with Crippen molar-refractivity contribution in [1.29, 1.82) is 0 Å². The minimum absolute atomic E-state index is 0.0634. The molecule has 1 aliphatic heterocycles. The quantitative estimate of drug-likeness (QED) is 0.839. The maximum absolute atomic E-state index is 12.7.